The van der Waals surface area contributed by atoms with Crippen molar-refractivity contribution in [3.05, 3.63) is 82.3 Å². The molecule has 5 rings (SSSR count). The summed E-state index contributed by atoms with van der Waals surface area (Å²) in [7, 11) is 1.74. The molecule has 4 aliphatic heterocycles. The van der Waals surface area contributed by atoms with Gasteiger partial charge in [0.2, 0.25) is 0 Å². The highest BCUT2D eigenvalue weighted by molar-refractivity contribution is 5.92. The van der Waals surface area contributed by atoms with Crippen molar-refractivity contribution in [2.24, 2.45) is 10.9 Å². The van der Waals surface area contributed by atoms with Crippen LogP contribution in [0.3, 0.4) is 0 Å². The van der Waals surface area contributed by atoms with E-state index in [1.165, 1.54) is 0 Å². The van der Waals surface area contributed by atoms with Crippen molar-refractivity contribution in [2.75, 3.05) is 39.9 Å². The maximum absolute atomic E-state index is 15.5. The van der Waals surface area contributed by atoms with E-state index < -0.39 is 0 Å². The molecule has 0 saturated carbocycles. The molecule has 0 radical (unpaired) electrons. The lowest BCUT2D eigenvalue weighted by atomic mass is 9.86. The van der Waals surface area contributed by atoms with Gasteiger partial charge in [0.1, 0.15) is 5.83 Å². The molecule has 0 aromatic rings. The van der Waals surface area contributed by atoms with Gasteiger partial charge in [0.25, 0.3) is 5.91 Å². The zero-order valence-electron chi connectivity index (χ0n) is 23.8. The zero-order valence-corrected chi connectivity index (χ0v) is 23.8. The molecule has 4 heterocycles. The van der Waals surface area contributed by atoms with Crippen LogP contribution in [0.5, 0.6) is 0 Å². The summed E-state index contributed by atoms with van der Waals surface area (Å²) in [5.41, 5.74) is 6.20. The van der Waals surface area contributed by atoms with Gasteiger partial charge >= 0.3 is 0 Å². The first kappa shape index (κ1) is 27.5. The first-order valence-electron chi connectivity index (χ1n) is 14.3. The summed E-state index contributed by atoms with van der Waals surface area (Å²) in [6.45, 7) is 10.7. The number of piperazine rings is 1. The Morgan fingerprint density at radius 1 is 1.08 bits per heavy atom. The number of rotatable bonds is 5. The van der Waals surface area contributed by atoms with Crippen molar-refractivity contribution in [2.45, 2.75) is 58.9 Å². The lowest BCUT2D eigenvalue weighted by Gasteiger charge is -2.42. The van der Waals surface area contributed by atoms with E-state index in [0.717, 1.165) is 98.7 Å². The number of hydrogen-bond donors (Lipinski definition) is 0. The SMILES string of the molecule is COCCN1CCN(C2=CN3C(=O)/C=C(/C4=CCCC5=C(N=C(C)CC5)C(F)=C4)C(C)CC=C3C=C2)CC1C. The third-order valence-corrected chi connectivity index (χ3v) is 8.48. The topological polar surface area (TPSA) is 48.4 Å². The normalized spacial score (nSPS) is 28.0. The van der Waals surface area contributed by atoms with Gasteiger partial charge in [-0.3, -0.25) is 19.6 Å². The molecular formula is C32H41FN4O2. The molecule has 6 nitrogen and oxygen atoms in total. The highest BCUT2D eigenvalue weighted by Crippen LogP contribution is 2.36. The Morgan fingerprint density at radius 2 is 1.90 bits per heavy atom. The molecule has 208 valence electrons. The van der Waals surface area contributed by atoms with Crippen molar-refractivity contribution in [1.29, 1.82) is 0 Å². The molecular weight excluding hydrogens is 491 g/mol. The van der Waals surface area contributed by atoms with Crippen molar-refractivity contribution in [3.8, 4) is 0 Å². The molecule has 1 saturated heterocycles. The van der Waals surface area contributed by atoms with Crippen LogP contribution in [0, 0.1) is 5.92 Å². The van der Waals surface area contributed by atoms with Gasteiger partial charge in [-0.2, -0.15) is 0 Å². The number of nitrogens with zero attached hydrogens (tertiary/aromatic N) is 4. The number of allylic oxidation sites excluding steroid dienone is 9. The number of carbonyl (C=O) groups excluding carboxylic acids is 1. The maximum atomic E-state index is 15.5. The Bertz CT molecular complexity index is 1250. The van der Waals surface area contributed by atoms with Crippen LogP contribution >= 0.6 is 0 Å². The maximum Gasteiger partial charge on any atom is 0.255 e. The summed E-state index contributed by atoms with van der Waals surface area (Å²) in [5.74, 6) is -0.307. The molecule has 0 spiro atoms. The number of amides is 1. The zero-order chi connectivity index (χ0) is 27.5. The molecule has 1 amide bonds. The average molecular weight is 533 g/mol. The minimum atomic E-state index is -0.296. The second kappa shape index (κ2) is 12.0. The van der Waals surface area contributed by atoms with Crippen molar-refractivity contribution < 1.29 is 13.9 Å². The van der Waals surface area contributed by atoms with Crippen molar-refractivity contribution in [1.82, 2.24) is 14.7 Å². The molecule has 0 bridgehead atoms. The van der Waals surface area contributed by atoms with E-state index in [-0.39, 0.29) is 17.7 Å². The van der Waals surface area contributed by atoms with E-state index in [1.807, 2.05) is 19.2 Å². The third kappa shape index (κ3) is 6.10. The fraction of sp³-hybridized carbons (Fsp3) is 0.500. The van der Waals surface area contributed by atoms with E-state index in [2.05, 4.69) is 46.9 Å². The molecule has 1 aliphatic carbocycles. The summed E-state index contributed by atoms with van der Waals surface area (Å²) in [6, 6.07) is 0.399. The molecule has 0 aromatic carbocycles. The van der Waals surface area contributed by atoms with Crippen molar-refractivity contribution in [3.63, 3.8) is 0 Å². The van der Waals surface area contributed by atoms with Crippen LogP contribution in [-0.2, 0) is 9.53 Å². The number of hydrogen-bond acceptors (Lipinski definition) is 5. The molecule has 0 N–H and O–H groups in total. The van der Waals surface area contributed by atoms with Crippen LogP contribution < -0.4 is 0 Å². The summed E-state index contributed by atoms with van der Waals surface area (Å²) >= 11 is 0. The minimum Gasteiger partial charge on any atom is -0.383 e. The van der Waals surface area contributed by atoms with Crippen LogP contribution in [-0.4, -0.2) is 72.3 Å². The van der Waals surface area contributed by atoms with Gasteiger partial charge < -0.3 is 9.64 Å². The Kier molecular flexibility index (Phi) is 8.48. The van der Waals surface area contributed by atoms with Gasteiger partial charge in [0.05, 0.1) is 18.0 Å². The quantitative estimate of drug-likeness (QED) is 0.448. The standard InChI is InChI=1S/C32H41FN4O2/c1-22-8-11-27-12-13-28(36-15-14-35(16-17-39-4)24(3)20-36)21-37(27)31(38)19-29(22)26-7-5-6-25-10-9-23(2)34-32(25)30(33)18-26/h7,11-13,18-19,21-22,24H,5-6,8-10,14-17,20H2,1-4H3/b26-7?,27-11?,29-19+,30-18?. The van der Waals surface area contributed by atoms with Crippen LogP contribution in [0.1, 0.15) is 52.9 Å². The fourth-order valence-electron chi connectivity index (χ4n) is 6.06. The monoisotopic (exact) mass is 532 g/mol. The lowest BCUT2D eigenvalue weighted by Crippen LogP contribution is -2.52. The smallest absolute Gasteiger partial charge is 0.255 e. The molecule has 5 aliphatic rings. The van der Waals surface area contributed by atoms with Gasteiger partial charge in [-0.1, -0.05) is 19.1 Å². The van der Waals surface area contributed by atoms with E-state index >= 15 is 4.39 Å². The summed E-state index contributed by atoms with van der Waals surface area (Å²) in [6.07, 6.45) is 17.8. The van der Waals surface area contributed by atoms with Gasteiger partial charge in [-0.15, -0.1) is 0 Å². The van der Waals surface area contributed by atoms with E-state index in [4.69, 9.17) is 4.74 Å². The fourth-order valence-corrected chi connectivity index (χ4v) is 6.06. The highest BCUT2D eigenvalue weighted by atomic mass is 19.1. The number of fused-ring (bicyclic) bond motifs is 1. The average Bonchev–Trinajstić information content (AvgIpc) is 2.92. The molecule has 0 aromatic heterocycles. The Balaban J connectivity index is 1.38. The second-order valence-corrected chi connectivity index (χ2v) is 11.3. The first-order valence-corrected chi connectivity index (χ1v) is 14.3. The van der Waals surface area contributed by atoms with Crippen LogP contribution in [0.15, 0.2) is 87.3 Å². The Morgan fingerprint density at radius 3 is 2.69 bits per heavy atom. The largest absolute Gasteiger partial charge is 0.383 e. The van der Waals surface area contributed by atoms with Crippen LogP contribution in [0.2, 0.25) is 0 Å². The lowest BCUT2D eigenvalue weighted by molar-refractivity contribution is -0.122. The Hall–Kier alpha value is -3.03. The summed E-state index contributed by atoms with van der Waals surface area (Å²) < 4.78 is 20.8. The number of halogens is 1. The minimum absolute atomic E-state index is 0.0863. The summed E-state index contributed by atoms with van der Waals surface area (Å²) in [4.78, 5) is 24.8. The van der Waals surface area contributed by atoms with Gasteiger partial charge in [-0.05, 0) is 86.8 Å². The van der Waals surface area contributed by atoms with Gasteiger partial charge in [0, 0.05) is 63.0 Å². The third-order valence-electron chi connectivity index (χ3n) is 8.48. The van der Waals surface area contributed by atoms with Gasteiger partial charge in [0.15, 0.2) is 0 Å². The van der Waals surface area contributed by atoms with Crippen LogP contribution in [0.25, 0.3) is 0 Å². The van der Waals surface area contributed by atoms with Crippen molar-refractivity contribution >= 4 is 11.6 Å². The molecule has 2 unspecified atom stereocenters. The molecule has 39 heavy (non-hydrogen) atoms. The van der Waals surface area contributed by atoms with E-state index in [1.54, 1.807) is 24.2 Å². The highest BCUT2D eigenvalue weighted by Gasteiger charge is 2.28. The summed E-state index contributed by atoms with van der Waals surface area (Å²) in [5, 5.41) is 0. The van der Waals surface area contributed by atoms with E-state index in [0.29, 0.717) is 11.7 Å². The number of aliphatic imine (C=N–C) groups is 1. The Labute approximate surface area is 232 Å². The second-order valence-electron chi connectivity index (χ2n) is 11.3. The molecule has 7 heteroatoms. The first-order chi connectivity index (χ1) is 18.8. The van der Waals surface area contributed by atoms with Crippen LogP contribution in [0.4, 0.5) is 4.39 Å². The number of carbonyl (C=O) groups is 1. The predicted octanol–water partition coefficient (Wildman–Crippen LogP) is 5.81. The predicted molar refractivity (Wildman–Crippen MR) is 154 cm³/mol. The van der Waals surface area contributed by atoms with E-state index in [9.17, 15) is 4.79 Å². The number of ether oxygens (including phenoxy) is 1. The molecule has 1 fully saturated rings. The molecule has 2 atom stereocenters. The van der Waals surface area contributed by atoms with Gasteiger partial charge in [-0.25, -0.2) is 4.39 Å². The number of methoxy groups -OCH3 is 1.